The van der Waals surface area contributed by atoms with E-state index in [2.05, 4.69) is 9.97 Å². The third-order valence-corrected chi connectivity index (χ3v) is 3.03. The van der Waals surface area contributed by atoms with Gasteiger partial charge in [0.25, 0.3) is 0 Å². The molecule has 0 N–H and O–H groups in total. The average Bonchev–Trinajstić information content (AvgIpc) is 2.53. The van der Waals surface area contributed by atoms with Crippen LogP contribution in [0.4, 0.5) is 0 Å². The van der Waals surface area contributed by atoms with Gasteiger partial charge in [-0.3, -0.25) is 14.8 Å². The predicted molar refractivity (Wildman–Crippen MR) is 79.3 cm³/mol. The van der Waals surface area contributed by atoms with Crippen molar-refractivity contribution in [2.75, 3.05) is 0 Å². The van der Waals surface area contributed by atoms with E-state index in [9.17, 15) is 4.79 Å². The number of para-hydroxylation sites is 1. The summed E-state index contributed by atoms with van der Waals surface area (Å²) >= 11 is 0. The van der Waals surface area contributed by atoms with Crippen LogP contribution >= 0.6 is 0 Å². The van der Waals surface area contributed by atoms with Crippen LogP contribution in [0, 0.1) is 0 Å². The lowest BCUT2D eigenvalue weighted by atomic mass is 10.1. The molecule has 0 fully saturated rings. The topological polar surface area (TPSA) is 42.9 Å². The van der Waals surface area contributed by atoms with Crippen molar-refractivity contribution >= 4 is 22.8 Å². The van der Waals surface area contributed by atoms with Gasteiger partial charge in [-0.2, -0.15) is 0 Å². The zero-order valence-corrected chi connectivity index (χ0v) is 10.7. The number of allylic oxidation sites excluding steroid dienone is 1. The molecule has 3 rings (SSSR count). The van der Waals surface area contributed by atoms with Gasteiger partial charge in [-0.15, -0.1) is 0 Å². The number of nitrogens with zero attached hydrogens (tertiary/aromatic N) is 2. The van der Waals surface area contributed by atoms with Crippen molar-refractivity contribution < 1.29 is 4.79 Å². The molecule has 96 valence electrons. The highest BCUT2D eigenvalue weighted by Gasteiger charge is 2.07. The number of benzene rings is 1. The molecule has 3 heteroatoms. The molecule has 1 aromatic carbocycles. The van der Waals surface area contributed by atoms with Crippen LogP contribution in [0.1, 0.15) is 15.9 Å². The first-order chi connectivity index (χ1) is 9.84. The molecular formula is C17H12N2O. The van der Waals surface area contributed by atoms with E-state index in [1.807, 2.05) is 36.4 Å². The average molecular weight is 260 g/mol. The molecule has 2 aromatic heterocycles. The molecule has 0 aliphatic heterocycles. The normalized spacial score (nSPS) is 11.0. The second-order valence-corrected chi connectivity index (χ2v) is 4.36. The minimum Gasteiger partial charge on any atom is -0.289 e. The van der Waals surface area contributed by atoms with Gasteiger partial charge >= 0.3 is 0 Å². The Bertz CT molecular complexity index is 774. The lowest BCUT2D eigenvalue weighted by Crippen LogP contribution is -1.96. The maximum absolute atomic E-state index is 12.3. The second kappa shape index (κ2) is 5.45. The predicted octanol–water partition coefficient (Wildman–Crippen LogP) is 3.53. The van der Waals surface area contributed by atoms with Gasteiger partial charge in [0.15, 0.2) is 5.78 Å². The smallest absolute Gasteiger partial charge is 0.188 e. The van der Waals surface area contributed by atoms with E-state index in [4.69, 9.17) is 0 Å². The summed E-state index contributed by atoms with van der Waals surface area (Å²) in [5, 5.41) is 0.968. The largest absolute Gasteiger partial charge is 0.289 e. The van der Waals surface area contributed by atoms with Crippen LogP contribution in [-0.2, 0) is 0 Å². The number of hydrogen-bond donors (Lipinski definition) is 0. The first-order valence-corrected chi connectivity index (χ1v) is 6.31. The summed E-state index contributed by atoms with van der Waals surface area (Å²) in [5.74, 6) is -0.0499. The number of carbonyl (C=O) groups excluding carboxylic acids is 1. The Morgan fingerprint density at radius 1 is 0.950 bits per heavy atom. The van der Waals surface area contributed by atoms with Gasteiger partial charge in [0.05, 0.1) is 5.52 Å². The van der Waals surface area contributed by atoms with Crippen molar-refractivity contribution in [1.29, 1.82) is 0 Å². The van der Waals surface area contributed by atoms with Crippen molar-refractivity contribution in [3.05, 3.63) is 78.3 Å². The number of aromatic nitrogens is 2. The Labute approximate surface area is 116 Å². The van der Waals surface area contributed by atoms with Crippen molar-refractivity contribution in [1.82, 2.24) is 9.97 Å². The van der Waals surface area contributed by atoms with E-state index in [0.717, 1.165) is 16.5 Å². The van der Waals surface area contributed by atoms with E-state index in [-0.39, 0.29) is 5.78 Å². The number of ketones is 1. The zero-order valence-electron chi connectivity index (χ0n) is 10.7. The molecule has 20 heavy (non-hydrogen) atoms. The van der Waals surface area contributed by atoms with Gasteiger partial charge in [0.1, 0.15) is 0 Å². The Morgan fingerprint density at radius 3 is 2.60 bits per heavy atom. The summed E-state index contributed by atoms with van der Waals surface area (Å²) in [5.41, 5.74) is 2.30. The summed E-state index contributed by atoms with van der Waals surface area (Å²) in [6.45, 7) is 0. The molecule has 0 spiro atoms. The minimum atomic E-state index is -0.0499. The highest BCUT2D eigenvalue weighted by Crippen LogP contribution is 2.17. The standard InChI is InChI=1S/C17H12N2O/c20-16(7-6-13-8-11-18-12-9-13)15-5-1-3-14-4-2-10-19-17(14)15/h1-12H. The first kappa shape index (κ1) is 12.2. The fourth-order valence-electron chi connectivity index (χ4n) is 2.04. The Hall–Kier alpha value is -2.81. The molecule has 0 aliphatic carbocycles. The summed E-state index contributed by atoms with van der Waals surface area (Å²) < 4.78 is 0. The Kier molecular flexibility index (Phi) is 3.33. The van der Waals surface area contributed by atoms with Crippen LogP contribution in [0.5, 0.6) is 0 Å². The van der Waals surface area contributed by atoms with E-state index >= 15 is 0 Å². The summed E-state index contributed by atoms with van der Waals surface area (Å²) in [6.07, 6.45) is 8.45. The fourth-order valence-corrected chi connectivity index (χ4v) is 2.04. The number of rotatable bonds is 3. The van der Waals surface area contributed by atoms with Gasteiger partial charge in [-0.1, -0.05) is 24.3 Å². The van der Waals surface area contributed by atoms with Crippen LogP contribution in [0.3, 0.4) is 0 Å². The molecule has 3 nitrogen and oxygen atoms in total. The first-order valence-electron chi connectivity index (χ1n) is 6.31. The van der Waals surface area contributed by atoms with E-state index < -0.39 is 0 Å². The Morgan fingerprint density at radius 2 is 1.75 bits per heavy atom. The third-order valence-electron chi connectivity index (χ3n) is 3.03. The van der Waals surface area contributed by atoms with Crippen molar-refractivity contribution in [2.24, 2.45) is 0 Å². The molecule has 0 aliphatic rings. The van der Waals surface area contributed by atoms with Crippen molar-refractivity contribution in [3.8, 4) is 0 Å². The van der Waals surface area contributed by atoms with Crippen LogP contribution in [0.2, 0.25) is 0 Å². The van der Waals surface area contributed by atoms with Gasteiger partial charge in [-0.25, -0.2) is 0 Å². The quantitative estimate of drug-likeness (QED) is 0.534. The maximum atomic E-state index is 12.3. The number of carbonyl (C=O) groups is 1. The van der Waals surface area contributed by atoms with Gasteiger partial charge in [0.2, 0.25) is 0 Å². The van der Waals surface area contributed by atoms with Crippen LogP contribution in [0.25, 0.3) is 17.0 Å². The number of fused-ring (bicyclic) bond motifs is 1. The molecule has 0 atom stereocenters. The van der Waals surface area contributed by atoms with Crippen LogP contribution < -0.4 is 0 Å². The Balaban J connectivity index is 1.95. The lowest BCUT2D eigenvalue weighted by molar-refractivity contribution is 0.104. The van der Waals surface area contributed by atoms with E-state index in [0.29, 0.717) is 5.56 Å². The molecule has 0 radical (unpaired) electrons. The number of hydrogen-bond acceptors (Lipinski definition) is 3. The maximum Gasteiger partial charge on any atom is 0.188 e. The highest BCUT2D eigenvalue weighted by molar-refractivity contribution is 6.13. The molecule has 0 saturated heterocycles. The fraction of sp³-hybridized carbons (Fsp3) is 0. The molecule has 2 heterocycles. The van der Waals surface area contributed by atoms with E-state index in [1.165, 1.54) is 0 Å². The lowest BCUT2D eigenvalue weighted by Gasteiger charge is -2.01. The van der Waals surface area contributed by atoms with Crippen molar-refractivity contribution in [3.63, 3.8) is 0 Å². The highest BCUT2D eigenvalue weighted by atomic mass is 16.1. The summed E-state index contributed by atoms with van der Waals surface area (Å²) in [7, 11) is 0. The number of pyridine rings is 2. The SMILES string of the molecule is O=C(C=Cc1ccncc1)c1cccc2cccnc12. The second-order valence-electron chi connectivity index (χ2n) is 4.36. The molecule has 0 bridgehead atoms. The van der Waals surface area contributed by atoms with Gasteiger partial charge < -0.3 is 0 Å². The third kappa shape index (κ3) is 2.47. The van der Waals surface area contributed by atoms with Crippen LogP contribution in [0.15, 0.2) is 67.1 Å². The van der Waals surface area contributed by atoms with Crippen molar-refractivity contribution in [2.45, 2.75) is 0 Å². The summed E-state index contributed by atoms with van der Waals surface area (Å²) in [4.78, 5) is 20.5. The zero-order chi connectivity index (χ0) is 13.8. The van der Waals surface area contributed by atoms with Gasteiger partial charge in [0, 0.05) is 29.5 Å². The molecule has 3 aromatic rings. The van der Waals surface area contributed by atoms with E-state index in [1.54, 1.807) is 36.8 Å². The van der Waals surface area contributed by atoms with Crippen LogP contribution in [-0.4, -0.2) is 15.8 Å². The summed E-state index contributed by atoms with van der Waals surface area (Å²) in [6, 6.07) is 13.1. The minimum absolute atomic E-state index is 0.0499. The van der Waals surface area contributed by atoms with Gasteiger partial charge in [-0.05, 0) is 35.9 Å². The monoisotopic (exact) mass is 260 g/mol. The molecular weight excluding hydrogens is 248 g/mol. The molecule has 0 saturated carbocycles. The molecule has 0 unspecified atom stereocenters. The molecule has 0 amide bonds.